The first kappa shape index (κ1) is 37.1. The first-order valence-corrected chi connectivity index (χ1v) is 17.1. The number of aromatic nitrogens is 1. The van der Waals surface area contributed by atoms with E-state index in [4.69, 9.17) is 19.2 Å². The van der Waals surface area contributed by atoms with Crippen molar-refractivity contribution in [2.75, 3.05) is 13.7 Å². The number of benzene rings is 2. The second-order valence-electron chi connectivity index (χ2n) is 15.5. The number of carbonyl (C=O) groups is 4. The lowest BCUT2D eigenvalue weighted by Crippen LogP contribution is -2.59. The number of methoxy groups -OCH3 is 1. The number of nitrogens with zero attached hydrogens (tertiary/aromatic N) is 2. The minimum absolute atomic E-state index is 0.00972. The normalized spacial score (nSPS) is 22.1. The van der Waals surface area contributed by atoms with Crippen molar-refractivity contribution in [1.29, 1.82) is 0 Å². The van der Waals surface area contributed by atoms with Crippen LogP contribution in [0.15, 0.2) is 61.2 Å². The molecule has 5 atom stereocenters. The van der Waals surface area contributed by atoms with Gasteiger partial charge in [-0.3, -0.25) is 9.59 Å². The predicted octanol–water partition coefficient (Wildman–Crippen LogP) is 5.65. The molecule has 0 radical (unpaired) electrons. The molecule has 1 saturated heterocycles. The minimum Gasteiger partial charge on any atom is -0.497 e. The number of nitrogens with one attached hydrogen (secondary N) is 2. The molecule has 0 spiro atoms. The zero-order valence-electron chi connectivity index (χ0n) is 30.5. The molecular formula is C39H48N4O8. The van der Waals surface area contributed by atoms with Gasteiger partial charge in [-0.05, 0) is 57.7 Å². The molecule has 3 N–H and O–H groups in total. The molecule has 12 nitrogen and oxygen atoms in total. The lowest BCUT2D eigenvalue weighted by atomic mass is 9.85. The Morgan fingerprint density at radius 3 is 2.39 bits per heavy atom. The number of hydrogen-bond acceptors (Lipinski definition) is 8. The van der Waals surface area contributed by atoms with E-state index in [2.05, 4.69) is 17.2 Å². The summed E-state index contributed by atoms with van der Waals surface area (Å²) < 4.78 is 17.6. The van der Waals surface area contributed by atoms with Crippen molar-refractivity contribution in [3.05, 3.63) is 66.7 Å². The fourth-order valence-electron chi connectivity index (χ4n) is 6.47. The van der Waals surface area contributed by atoms with Crippen molar-refractivity contribution < 1.29 is 38.5 Å². The Balaban J connectivity index is 1.52. The molecule has 2 fully saturated rings. The van der Waals surface area contributed by atoms with Crippen LogP contribution in [0.5, 0.6) is 11.5 Å². The van der Waals surface area contributed by atoms with Crippen LogP contribution >= 0.6 is 0 Å². The largest absolute Gasteiger partial charge is 0.497 e. The Morgan fingerprint density at radius 2 is 1.80 bits per heavy atom. The highest BCUT2D eigenvalue weighted by Crippen LogP contribution is 2.45. The number of rotatable bonds is 10. The van der Waals surface area contributed by atoms with Crippen LogP contribution in [-0.2, 0) is 19.1 Å². The van der Waals surface area contributed by atoms with Crippen LogP contribution in [0.25, 0.3) is 22.2 Å². The van der Waals surface area contributed by atoms with Gasteiger partial charge in [0.1, 0.15) is 40.8 Å². The SMILES string of the molecule is C=C[C@H]1CC1(NC(=O)[C@@H]1C[C@@H](Oc2cc(-c3cccc(C)c3)nc3cc(OC)ccc23)CN1C(=O)[C@@H](NC(=O)OC(C)(C)C)C(C)(C)C)C(=O)O. The molecule has 2 aromatic carbocycles. The van der Waals surface area contributed by atoms with Crippen LogP contribution in [0.1, 0.15) is 59.9 Å². The smallest absolute Gasteiger partial charge is 0.408 e. The van der Waals surface area contributed by atoms with Crippen molar-refractivity contribution in [2.24, 2.45) is 11.3 Å². The molecule has 5 rings (SSSR count). The highest BCUT2D eigenvalue weighted by molar-refractivity contribution is 5.96. The van der Waals surface area contributed by atoms with Gasteiger partial charge in [-0.25, -0.2) is 14.6 Å². The molecule has 51 heavy (non-hydrogen) atoms. The molecular weight excluding hydrogens is 652 g/mol. The monoisotopic (exact) mass is 700 g/mol. The van der Waals surface area contributed by atoms with Gasteiger partial charge >= 0.3 is 12.1 Å². The molecule has 272 valence electrons. The molecule has 0 bridgehead atoms. The van der Waals surface area contributed by atoms with Gasteiger partial charge in [-0.2, -0.15) is 0 Å². The van der Waals surface area contributed by atoms with Gasteiger partial charge < -0.3 is 34.9 Å². The van der Waals surface area contributed by atoms with Gasteiger partial charge in [0.15, 0.2) is 0 Å². The number of alkyl carbamates (subject to hydrolysis) is 1. The number of aryl methyl sites for hydroxylation is 1. The fourth-order valence-corrected chi connectivity index (χ4v) is 6.47. The topological polar surface area (TPSA) is 156 Å². The Morgan fingerprint density at radius 1 is 1.08 bits per heavy atom. The van der Waals surface area contributed by atoms with Gasteiger partial charge in [0.05, 0.1) is 24.9 Å². The Labute approximate surface area is 298 Å². The fraction of sp³-hybridized carbons (Fsp3) is 0.462. The third kappa shape index (κ3) is 8.10. The number of pyridine rings is 1. The standard InChI is InChI=1S/C39H48N4O8/c1-10-24-20-39(24,35(46)47)42-33(44)30-18-26(21-43(30)34(45)32(37(3,4)5)41-36(48)51-38(6,7)8)50-31-19-28(23-13-11-12-22(2)16-23)40-29-17-25(49-9)14-15-27(29)31/h10-17,19,24,26,30,32H,1,18,20-21H2,2-9H3,(H,41,48)(H,42,44)(H,46,47)/t24-,26+,30-,32+,39?/m0/s1. The number of amides is 3. The molecule has 2 aliphatic rings. The molecule has 1 aliphatic carbocycles. The number of ether oxygens (including phenoxy) is 3. The van der Waals surface area contributed by atoms with Crippen LogP contribution in [-0.4, -0.2) is 81.8 Å². The van der Waals surface area contributed by atoms with E-state index in [-0.39, 0.29) is 19.4 Å². The number of carboxylic acid groups (broad SMARTS) is 1. The lowest BCUT2D eigenvalue weighted by Gasteiger charge is -2.35. The summed E-state index contributed by atoms with van der Waals surface area (Å²) >= 11 is 0. The van der Waals surface area contributed by atoms with Crippen molar-refractivity contribution in [3.63, 3.8) is 0 Å². The zero-order valence-corrected chi connectivity index (χ0v) is 30.5. The Hall–Kier alpha value is -5.13. The molecule has 3 aromatic rings. The van der Waals surface area contributed by atoms with Gasteiger partial charge in [-0.1, -0.05) is 50.6 Å². The minimum atomic E-state index is -1.51. The van der Waals surface area contributed by atoms with Crippen molar-refractivity contribution in [2.45, 2.75) is 90.6 Å². The predicted molar refractivity (Wildman–Crippen MR) is 192 cm³/mol. The lowest BCUT2D eigenvalue weighted by molar-refractivity contribution is -0.146. The number of carboxylic acids is 1. The van der Waals surface area contributed by atoms with E-state index in [1.54, 1.807) is 54.7 Å². The highest BCUT2D eigenvalue weighted by atomic mass is 16.6. The number of carbonyl (C=O) groups excluding carboxylic acids is 3. The summed E-state index contributed by atoms with van der Waals surface area (Å²) in [5.74, 6) is -1.67. The van der Waals surface area contributed by atoms with Crippen LogP contribution < -0.4 is 20.1 Å². The van der Waals surface area contributed by atoms with Crippen LogP contribution in [0, 0.1) is 18.3 Å². The second-order valence-corrected chi connectivity index (χ2v) is 15.5. The molecule has 12 heteroatoms. The van der Waals surface area contributed by atoms with Gasteiger partial charge in [0.25, 0.3) is 0 Å². The van der Waals surface area contributed by atoms with Gasteiger partial charge in [0.2, 0.25) is 11.8 Å². The molecule has 1 aliphatic heterocycles. The zero-order chi connectivity index (χ0) is 37.5. The Bertz CT molecular complexity index is 1860. The van der Waals surface area contributed by atoms with Gasteiger partial charge in [0, 0.05) is 35.4 Å². The Kier molecular flexibility index (Phi) is 10.1. The van der Waals surface area contributed by atoms with Crippen LogP contribution in [0.4, 0.5) is 4.79 Å². The summed E-state index contributed by atoms with van der Waals surface area (Å²) in [5, 5.41) is 16.2. The van der Waals surface area contributed by atoms with Crippen molar-refractivity contribution >= 4 is 34.8 Å². The van der Waals surface area contributed by atoms with Gasteiger partial charge in [-0.15, -0.1) is 6.58 Å². The summed E-state index contributed by atoms with van der Waals surface area (Å²) in [7, 11) is 1.58. The van der Waals surface area contributed by atoms with E-state index in [0.29, 0.717) is 28.1 Å². The maximum absolute atomic E-state index is 14.5. The molecule has 1 saturated carbocycles. The third-order valence-corrected chi connectivity index (χ3v) is 9.24. The van der Waals surface area contributed by atoms with E-state index < -0.39 is 64.5 Å². The third-order valence-electron chi connectivity index (χ3n) is 9.24. The molecule has 1 aromatic heterocycles. The molecule has 2 heterocycles. The number of likely N-dealkylation sites (tertiary alicyclic amines) is 1. The first-order chi connectivity index (χ1) is 23.8. The van der Waals surface area contributed by atoms with Crippen LogP contribution in [0.2, 0.25) is 0 Å². The van der Waals surface area contributed by atoms with Crippen molar-refractivity contribution in [1.82, 2.24) is 20.5 Å². The van der Waals surface area contributed by atoms with Crippen molar-refractivity contribution in [3.8, 4) is 22.8 Å². The molecule has 3 amide bonds. The number of hydrogen-bond donors (Lipinski definition) is 3. The summed E-state index contributed by atoms with van der Waals surface area (Å²) in [6.07, 6.45) is 0.308. The highest BCUT2D eigenvalue weighted by Gasteiger charge is 2.61. The summed E-state index contributed by atoms with van der Waals surface area (Å²) in [6.45, 7) is 16.3. The van der Waals surface area contributed by atoms with E-state index in [0.717, 1.165) is 11.1 Å². The summed E-state index contributed by atoms with van der Waals surface area (Å²) in [5.41, 5.74) is 0.130. The van der Waals surface area contributed by atoms with E-state index in [9.17, 15) is 24.3 Å². The van der Waals surface area contributed by atoms with E-state index in [1.165, 1.54) is 11.0 Å². The average molecular weight is 701 g/mol. The maximum Gasteiger partial charge on any atom is 0.408 e. The average Bonchev–Trinajstić information content (AvgIpc) is 3.61. The molecule has 1 unspecified atom stereocenters. The maximum atomic E-state index is 14.5. The first-order valence-electron chi connectivity index (χ1n) is 17.1. The quantitative estimate of drug-likeness (QED) is 0.228. The summed E-state index contributed by atoms with van der Waals surface area (Å²) in [4.78, 5) is 60.0. The second kappa shape index (κ2) is 13.9. The van der Waals surface area contributed by atoms with E-state index in [1.807, 2.05) is 49.4 Å². The number of aliphatic carboxylic acids is 1. The summed E-state index contributed by atoms with van der Waals surface area (Å²) in [6, 6.07) is 13.0. The van der Waals surface area contributed by atoms with Crippen LogP contribution in [0.3, 0.4) is 0 Å². The van der Waals surface area contributed by atoms with E-state index >= 15 is 0 Å². The number of fused-ring (bicyclic) bond motifs is 1.